The van der Waals surface area contributed by atoms with E-state index in [9.17, 15) is 0 Å². The van der Waals surface area contributed by atoms with E-state index in [1.807, 2.05) is 6.92 Å². The predicted molar refractivity (Wildman–Crippen MR) is 54.2 cm³/mol. The Hall–Kier alpha value is -0.550. The molecule has 0 amide bonds. The Morgan fingerprint density at radius 2 is 1.92 bits per heavy atom. The van der Waals surface area contributed by atoms with Gasteiger partial charge in [-0.2, -0.15) is 5.26 Å². The van der Waals surface area contributed by atoms with E-state index < -0.39 is 0 Å². The van der Waals surface area contributed by atoms with Gasteiger partial charge in [-0.1, -0.05) is 13.8 Å². The van der Waals surface area contributed by atoms with Gasteiger partial charge in [0, 0.05) is 6.54 Å². The van der Waals surface area contributed by atoms with Crippen molar-refractivity contribution in [3.8, 4) is 6.07 Å². The van der Waals surface area contributed by atoms with Crippen molar-refractivity contribution in [3.05, 3.63) is 0 Å². The van der Waals surface area contributed by atoms with Gasteiger partial charge in [0.25, 0.3) is 0 Å². The van der Waals surface area contributed by atoms with Gasteiger partial charge in [-0.3, -0.25) is 0 Å². The molecule has 1 heterocycles. The lowest BCUT2D eigenvalue weighted by atomic mass is 9.82. The zero-order valence-electron chi connectivity index (χ0n) is 9.01. The molecule has 0 spiro atoms. The third-order valence-electron chi connectivity index (χ3n) is 2.96. The molecule has 1 aliphatic rings. The van der Waals surface area contributed by atoms with E-state index in [1.165, 1.54) is 25.9 Å². The van der Waals surface area contributed by atoms with Gasteiger partial charge in [0.1, 0.15) is 0 Å². The molecule has 0 aromatic carbocycles. The number of nitriles is 1. The van der Waals surface area contributed by atoms with Crippen LogP contribution in [-0.4, -0.2) is 24.5 Å². The van der Waals surface area contributed by atoms with Gasteiger partial charge in [0.2, 0.25) is 0 Å². The molecule has 0 aromatic rings. The standard InChI is InChI=1S/C11H20N2/c1-10(8-12)9-13-6-4-11(2,3)5-7-13/h10H,4-7,9H2,1-3H3. The monoisotopic (exact) mass is 180 g/mol. The summed E-state index contributed by atoms with van der Waals surface area (Å²) in [6, 6.07) is 2.29. The largest absolute Gasteiger partial charge is 0.302 e. The van der Waals surface area contributed by atoms with Gasteiger partial charge in [-0.05, 0) is 38.3 Å². The van der Waals surface area contributed by atoms with Crippen LogP contribution in [0.3, 0.4) is 0 Å². The van der Waals surface area contributed by atoms with Crippen molar-refractivity contribution < 1.29 is 0 Å². The molecule has 0 aliphatic carbocycles. The van der Waals surface area contributed by atoms with Crippen LogP contribution in [0.25, 0.3) is 0 Å². The van der Waals surface area contributed by atoms with Crippen LogP contribution in [0.5, 0.6) is 0 Å². The summed E-state index contributed by atoms with van der Waals surface area (Å²) in [6.45, 7) is 9.94. The van der Waals surface area contributed by atoms with E-state index >= 15 is 0 Å². The number of rotatable bonds is 2. The lowest BCUT2D eigenvalue weighted by Crippen LogP contribution is -2.39. The Kier molecular flexibility index (Phi) is 3.33. The minimum atomic E-state index is 0.182. The molecule has 1 atom stereocenters. The van der Waals surface area contributed by atoms with Crippen molar-refractivity contribution in [2.24, 2.45) is 11.3 Å². The van der Waals surface area contributed by atoms with Crippen molar-refractivity contribution in [2.45, 2.75) is 33.6 Å². The van der Waals surface area contributed by atoms with Gasteiger partial charge in [0.05, 0.1) is 12.0 Å². The summed E-state index contributed by atoms with van der Waals surface area (Å²) in [5.41, 5.74) is 0.520. The molecular weight excluding hydrogens is 160 g/mol. The van der Waals surface area contributed by atoms with Gasteiger partial charge < -0.3 is 4.90 Å². The highest BCUT2D eigenvalue weighted by molar-refractivity contribution is 4.85. The number of hydrogen-bond acceptors (Lipinski definition) is 2. The number of piperidine rings is 1. The highest BCUT2D eigenvalue weighted by Crippen LogP contribution is 2.29. The molecule has 1 rings (SSSR count). The van der Waals surface area contributed by atoms with E-state index in [2.05, 4.69) is 24.8 Å². The van der Waals surface area contributed by atoms with E-state index in [-0.39, 0.29) is 5.92 Å². The molecule has 2 nitrogen and oxygen atoms in total. The van der Waals surface area contributed by atoms with Crippen LogP contribution in [0.4, 0.5) is 0 Å². The predicted octanol–water partition coefficient (Wildman–Crippen LogP) is 2.27. The number of hydrogen-bond donors (Lipinski definition) is 0. The van der Waals surface area contributed by atoms with Gasteiger partial charge in [-0.15, -0.1) is 0 Å². The fourth-order valence-corrected chi connectivity index (χ4v) is 1.77. The van der Waals surface area contributed by atoms with E-state index in [4.69, 9.17) is 5.26 Å². The third-order valence-corrected chi connectivity index (χ3v) is 2.96. The molecule has 1 aliphatic heterocycles. The first-order chi connectivity index (χ1) is 6.03. The first-order valence-electron chi connectivity index (χ1n) is 5.15. The maximum atomic E-state index is 8.69. The molecular formula is C11H20N2. The Balaban J connectivity index is 2.30. The van der Waals surface area contributed by atoms with E-state index in [0.717, 1.165) is 6.54 Å². The summed E-state index contributed by atoms with van der Waals surface area (Å²) in [5.74, 6) is 0.182. The molecule has 74 valence electrons. The van der Waals surface area contributed by atoms with E-state index in [0.29, 0.717) is 5.41 Å². The van der Waals surface area contributed by atoms with E-state index in [1.54, 1.807) is 0 Å². The molecule has 13 heavy (non-hydrogen) atoms. The van der Waals surface area contributed by atoms with Gasteiger partial charge in [-0.25, -0.2) is 0 Å². The minimum absolute atomic E-state index is 0.182. The Morgan fingerprint density at radius 1 is 1.38 bits per heavy atom. The lowest BCUT2D eigenvalue weighted by Gasteiger charge is -2.37. The van der Waals surface area contributed by atoms with Crippen LogP contribution in [0, 0.1) is 22.7 Å². The highest BCUT2D eigenvalue weighted by Gasteiger charge is 2.25. The fourth-order valence-electron chi connectivity index (χ4n) is 1.77. The van der Waals surface area contributed by atoms with Crippen LogP contribution in [0.15, 0.2) is 0 Å². The van der Waals surface area contributed by atoms with Crippen molar-refractivity contribution >= 4 is 0 Å². The van der Waals surface area contributed by atoms with Crippen LogP contribution >= 0.6 is 0 Å². The molecule has 0 aromatic heterocycles. The Labute approximate surface area is 81.5 Å². The summed E-state index contributed by atoms with van der Waals surface area (Å²) in [7, 11) is 0. The normalized spacial score (nSPS) is 25.1. The lowest BCUT2D eigenvalue weighted by molar-refractivity contribution is 0.126. The quantitative estimate of drug-likeness (QED) is 0.652. The number of likely N-dealkylation sites (tertiary alicyclic amines) is 1. The molecule has 1 unspecified atom stereocenters. The maximum absolute atomic E-state index is 8.69. The second-order valence-corrected chi connectivity index (χ2v) is 4.99. The first-order valence-corrected chi connectivity index (χ1v) is 5.15. The Morgan fingerprint density at radius 3 is 2.38 bits per heavy atom. The summed E-state index contributed by atoms with van der Waals surface area (Å²) in [6.07, 6.45) is 2.54. The second kappa shape index (κ2) is 4.11. The molecule has 1 fully saturated rings. The van der Waals surface area contributed by atoms with Gasteiger partial charge >= 0.3 is 0 Å². The minimum Gasteiger partial charge on any atom is -0.302 e. The van der Waals surface area contributed by atoms with Crippen LogP contribution < -0.4 is 0 Å². The summed E-state index contributed by atoms with van der Waals surface area (Å²) < 4.78 is 0. The zero-order valence-corrected chi connectivity index (χ0v) is 9.01. The van der Waals surface area contributed by atoms with Crippen LogP contribution in [-0.2, 0) is 0 Å². The molecule has 0 N–H and O–H groups in total. The molecule has 0 radical (unpaired) electrons. The average molecular weight is 180 g/mol. The SMILES string of the molecule is CC(C#N)CN1CCC(C)(C)CC1. The smallest absolute Gasteiger partial charge is 0.0666 e. The third kappa shape index (κ3) is 3.36. The fraction of sp³-hybridized carbons (Fsp3) is 0.909. The van der Waals surface area contributed by atoms with Crippen molar-refractivity contribution in [3.63, 3.8) is 0 Å². The second-order valence-electron chi connectivity index (χ2n) is 4.99. The van der Waals surface area contributed by atoms with Crippen molar-refractivity contribution in [1.82, 2.24) is 4.90 Å². The molecule has 2 heteroatoms. The summed E-state index contributed by atoms with van der Waals surface area (Å²) >= 11 is 0. The van der Waals surface area contributed by atoms with Crippen molar-refractivity contribution in [1.29, 1.82) is 5.26 Å². The molecule has 0 bridgehead atoms. The van der Waals surface area contributed by atoms with Crippen LogP contribution in [0.1, 0.15) is 33.6 Å². The zero-order chi connectivity index (χ0) is 9.90. The van der Waals surface area contributed by atoms with Crippen molar-refractivity contribution in [2.75, 3.05) is 19.6 Å². The summed E-state index contributed by atoms with van der Waals surface area (Å²) in [5, 5.41) is 8.69. The topological polar surface area (TPSA) is 27.0 Å². The van der Waals surface area contributed by atoms with Gasteiger partial charge in [0.15, 0.2) is 0 Å². The van der Waals surface area contributed by atoms with Crippen LogP contribution in [0.2, 0.25) is 0 Å². The Bertz CT molecular complexity index is 193. The molecule has 0 saturated carbocycles. The maximum Gasteiger partial charge on any atom is 0.0666 e. The summed E-state index contributed by atoms with van der Waals surface area (Å²) in [4.78, 5) is 2.42. The highest BCUT2D eigenvalue weighted by atomic mass is 15.1. The number of nitrogens with zero attached hydrogens (tertiary/aromatic N) is 2. The molecule has 1 saturated heterocycles. The first kappa shape index (κ1) is 10.5. The average Bonchev–Trinajstić information content (AvgIpc) is 2.08.